The topological polar surface area (TPSA) is 79.3 Å². The highest BCUT2D eigenvalue weighted by Gasteiger charge is 2.47. The standard InChI is InChI=1S/C30H32N2O5/c1-6-36-23-15-16-24(25(18-23)37-7-2)28(33)26-27(20-11-13-21(14-12-20)31(4)5)32(30(35)29(26)34)22-10-8-9-19(3)17-22/h8-18,27,33H,6-7H2,1-5H3/b28-26-. The Labute approximate surface area is 217 Å². The number of aryl methyl sites for hydroxylation is 1. The first-order valence-corrected chi connectivity index (χ1v) is 12.3. The Morgan fingerprint density at radius 2 is 1.65 bits per heavy atom. The lowest BCUT2D eigenvalue weighted by molar-refractivity contribution is -0.132. The summed E-state index contributed by atoms with van der Waals surface area (Å²) in [6, 6.07) is 19.2. The summed E-state index contributed by atoms with van der Waals surface area (Å²) in [5.41, 5.74) is 3.54. The third-order valence-electron chi connectivity index (χ3n) is 6.27. The summed E-state index contributed by atoms with van der Waals surface area (Å²) in [6.07, 6.45) is 0. The van der Waals surface area contributed by atoms with Crippen molar-refractivity contribution >= 4 is 28.8 Å². The highest BCUT2D eigenvalue weighted by Crippen LogP contribution is 2.44. The van der Waals surface area contributed by atoms with E-state index in [1.54, 1.807) is 24.3 Å². The SMILES string of the molecule is CCOc1ccc(/C(O)=C2/C(=O)C(=O)N(c3cccc(C)c3)C2c2ccc(N(C)C)cc2)c(OCC)c1. The summed E-state index contributed by atoms with van der Waals surface area (Å²) in [6.45, 7) is 6.46. The van der Waals surface area contributed by atoms with Crippen LogP contribution < -0.4 is 19.3 Å². The molecule has 1 heterocycles. The fraction of sp³-hybridized carbons (Fsp3) is 0.267. The van der Waals surface area contributed by atoms with Crippen molar-refractivity contribution in [3.05, 3.63) is 89.0 Å². The predicted molar refractivity (Wildman–Crippen MR) is 146 cm³/mol. The number of nitrogens with zero attached hydrogens (tertiary/aromatic N) is 2. The first-order chi connectivity index (χ1) is 17.8. The van der Waals surface area contributed by atoms with Crippen molar-refractivity contribution in [2.24, 2.45) is 0 Å². The fourth-order valence-electron chi connectivity index (χ4n) is 4.52. The second-order valence-corrected chi connectivity index (χ2v) is 9.02. The average Bonchev–Trinajstić information content (AvgIpc) is 3.14. The van der Waals surface area contributed by atoms with Gasteiger partial charge in [-0.05, 0) is 68.3 Å². The molecule has 0 aromatic heterocycles. The molecule has 192 valence electrons. The number of hydrogen-bond acceptors (Lipinski definition) is 6. The number of aliphatic hydroxyl groups excluding tert-OH is 1. The third-order valence-corrected chi connectivity index (χ3v) is 6.27. The van der Waals surface area contributed by atoms with Gasteiger partial charge in [-0.15, -0.1) is 0 Å². The maximum Gasteiger partial charge on any atom is 0.300 e. The van der Waals surface area contributed by atoms with E-state index in [9.17, 15) is 14.7 Å². The molecule has 0 saturated carbocycles. The zero-order valence-electron chi connectivity index (χ0n) is 21.8. The lowest BCUT2D eigenvalue weighted by Gasteiger charge is -2.26. The van der Waals surface area contributed by atoms with Gasteiger partial charge in [0.25, 0.3) is 11.7 Å². The van der Waals surface area contributed by atoms with Crippen molar-refractivity contribution in [2.45, 2.75) is 26.8 Å². The van der Waals surface area contributed by atoms with Crippen LogP contribution in [0.2, 0.25) is 0 Å². The van der Waals surface area contributed by atoms with E-state index in [1.165, 1.54) is 4.90 Å². The Bertz CT molecular complexity index is 1340. The van der Waals surface area contributed by atoms with Gasteiger partial charge in [-0.25, -0.2) is 0 Å². The molecule has 0 radical (unpaired) electrons. The van der Waals surface area contributed by atoms with Crippen LogP contribution in [0.4, 0.5) is 11.4 Å². The predicted octanol–water partition coefficient (Wildman–Crippen LogP) is 5.48. The molecule has 1 atom stereocenters. The van der Waals surface area contributed by atoms with E-state index in [1.807, 2.05) is 82.2 Å². The summed E-state index contributed by atoms with van der Waals surface area (Å²) in [7, 11) is 3.88. The monoisotopic (exact) mass is 500 g/mol. The summed E-state index contributed by atoms with van der Waals surface area (Å²) >= 11 is 0. The van der Waals surface area contributed by atoms with Gasteiger partial charge in [0.2, 0.25) is 0 Å². The van der Waals surface area contributed by atoms with E-state index < -0.39 is 17.7 Å². The molecule has 7 nitrogen and oxygen atoms in total. The average molecular weight is 501 g/mol. The number of carbonyl (C=O) groups excluding carboxylic acids is 2. The molecule has 0 aliphatic carbocycles. The maximum absolute atomic E-state index is 13.5. The minimum atomic E-state index is -0.820. The Hall–Kier alpha value is -4.26. The molecule has 1 amide bonds. The van der Waals surface area contributed by atoms with Crippen molar-refractivity contribution in [2.75, 3.05) is 37.1 Å². The van der Waals surface area contributed by atoms with Crippen molar-refractivity contribution in [1.29, 1.82) is 0 Å². The van der Waals surface area contributed by atoms with Gasteiger partial charge in [0.15, 0.2) is 0 Å². The minimum absolute atomic E-state index is 0.00854. The first-order valence-electron chi connectivity index (χ1n) is 12.3. The van der Waals surface area contributed by atoms with Gasteiger partial charge in [0.05, 0.1) is 30.4 Å². The Kier molecular flexibility index (Phi) is 7.53. The number of carbonyl (C=O) groups is 2. The molecule has 3 aromatic rings. The van der Waals surface area contributed by atoms with Crippen LogP contribution in [-0.2, 0) is 9.59 Å². The molecule has 0 bridgehead atoms. The van der Waals surface area contributed by atoms with E-state index in [0.29, 0.717) is 41.5 Å². The highest BCUT2D eigenvalue weighted by molar-refractivity contribution is 6.51. The van der Waals surface area contributed by atoms with Crippen LogP contribution in [0.15, 0.2) is 72.3 Å². The number of benzene rings is 3. The molecule has 1 unspecified atom stereocenters. The second-order valence-electron chi connectivity index (χ2n) is 9.02. The normalized spacial score (nSPS) is 16.7. The number of Topliss-reactive ketones (excluding diaryl/α,β-unsaturated/α-hetero) is 1. The van der Waals surface area contributed by atoms with E-state index >= 15 is 0 Å². The van der Waals surface area contributed by atoms with Gasteiger partial charge >= 0.3 is 0 Å². The number of rotatable bonds is 8. The van der Waals surface area contributed by atoms with E-state index in [2.05, 4.69) is 0 Å². The van der Waals surface area contributed by atoms with Crippen molar-refractivity contribution < 1.29 is 24.2 Å². The summed E-state index contributed by atoms with van der Waals surface area (Å²) in [5.74, 6) is -0.788. The minimum Gasteiger partial charge on any atom is -0.507 e. The molecule has 37 heavy (non-hydrogen) atoms. The molecule has 1 aliphatic rings. The molecule has 1 N–H and O–H groups in total. The van der Waals surface area contributed by atoms with Crippen LogP contribution in [0.3, 0.4) is 0 Å². The molecular formula is C30H32N2O5. The molecule has 0 spiro atoms. The molecule has 3 aromatic carbocycles. The van der Waals surface area contributed by atoms with Gasteiger partial charge in [-0.1, -0.05) is 24.3 Å². The summed E-state index contributed by atoms with van der Waals surface area (Å²) in [4.78, 5) is 30.4. The van der Waals surface area contributed by atoms with Crippen molar-refractivity contribution in [1.82, 2.24) is 0 Å². The number of ketones is 1. The van der Waals surface area contributed by atoms with Gasteiger partial charge in [0, 0.05) is 31.5 Å². The Morgan fingerprint density at radius 3 is 2.27 bits per heavy atom. The smallest absolute Gasteiger partial charge is 0.300 e. The van der Waals surface area contributed by atoms with Crippen LogP contribution in [0.1, 0.15) is 36.6 Å². The lowest BCUT2D eigenvalue weighted by atomic mass is 9.94. The van der Waals surface area contributed by atoms with Crippen molar-refractivity contribution in [3.63, 3.8) is 0 Å². The van der Waals surface area contributed by atoms with Gasteiger partial charge in [-0.2, -0.15) is 0 Å². The Morgan fingerprint density at radius 1 is 0.946 bits per heavy atom. The third kappa shape index (κ3) is 5.03. The van der Waals surface area contributed by atoms with Gasteiger partial charge in [0.1, 0.15) is 17.3 Å². The molecular weight excluding hydrogens is 468 g/mol. The van der Waals surface area contributed by atoms with Crippen LogP contribution in [0.5, 0.6) is 11.5 Å². The van der Waals surface area contributed by atoms with Crippen LogP contribution >= 0.6 is 0 Å². The summed E-state index contributed by atoms with van der Waals surface area (Å²) in [5, 5.41) is 11.6. The number of aliphatic hydroxyl groups is 1. The van der Waals surface area contributed by atoms with Crippen LogP contribution in [-0.4, -0.2) is 44.1 Å². The molecule has 1 aliphatic heterocycles. The first kappa shape index (κ1) is 25.8. The number of ether oxygens (including phenoxy) is 2. The molecule has 7 heteroatoms. The zero-order valence-corrected chi connectivity index (χ0v) is 21.8. The Balaban J connectivity index is 1.94. The molecule has 4 rings (SSSR count). The number of hydrogen-bond donors (Lipinski definition) is 1. The summed E-state index contributed by atoms with van der Waals surface area (Å²) < 4.78 is 11.4. The lowest BCUT2D eigenvalue weighted by Crippen LogP contribution is -2.29. The van der Waals surface area contributed by atoms with E-state index in [0.717, 1.165) is 11.3 Å². The second kappa shape index (κ2) is 10.8. The van der Waals surface area contributed by atoms with Crippen LogP contribution in [0.25, 0.3) is 5.76 Å². The largest absolute Gasteiger partial charge is 0.507 e. The fourth-order valence-corrected chi connectivity index (χ4v) is 4.52. The molecule has 1 saturated heterocycles. The quantitative estimate of drug-likeness (QED) is 0.251. The highest BCUT2D eigenvalue weighted by atomic mass is 16.5. The zero-order chi connectivity index (χ0) is 26.7. The number of amides is 1. The van der Waals surface area contributed by atoms with E-state index in [4.69, 9.17) is 9.47 Å². The van der Waals surface area contributed by atoms with Crippen LogP contribution in [0, 0.1) is 6.92 Å². The van der Waals surface area contributed by atoms with Gasteiger partial charge < -0.3 is 19.5 Å². The maximum atomic E-state index is 13.5. The molecule has 1 fully saturated rings. The van der Waals surface area contributed by atoms with Crippen molar-refractivity contribution in [3.8, 4) is 11.5 Å². The van der Waals surface area contributed by atoms with Gasteiger partial charge in [-0.3, -0.25) is 14.5 Å². The number of anilines is 2. The van der Waals surface area contributed by atoms with E-state index in [-0.39, 0.29) is 11.3 Å².